The van der Waals surface area contributed by atoms with Crippen LogP contribution in [0.15, 0.2) is 36.4 Å². The molecule has 2 aromatic rings. The minimum absolute atomic E-state index is 0.0941. The van der Waals surface area contributed by atoms with Crippen molar-refractivity contribution in [1.82, 2.24) is 0 Å². The molecular formula is C14H15N3O2. The van der Waals surface area contributed by atoms with Crippen LogP contribution in [0.4, 0.5) is 22.7 Å². The third kappa shape index (κ3) is 2.65. The van der Waals surface area contributed by atoms with E-state index >= 15 is 0 Å². The first-order valence-corrected chi connectivity index (χ1v) is 5.86. The lowest BCUT2D eigenvalue weighted by atomic mass is 10.1. The van der Waals surface area contributed by atoms with Gasteiger partial charge in [0, 0.05) is 5.69 Å². The number of nitrogen functional groups attached to an aromatic ring is 1. The van der Waals surface area contributed by atoms with Gasteiger partial charge in [-0.05, 0) is 43.2 Å². The van der Waals surface area contributed by atoms with Crippen LogP contribution >= 0.6 is 0 Å². The molecule has 0 amide bonds. The monoisotopic (exact) mass is 257 g/mol. The molecule has 0 atom stereocenters. The van der Waals surface area contributed by atoms with Crippen LogP contribution in [-0.4, -0.2) is 4.92 Å². The van der Waals surface area contributed by atoms with Crippen LogP contribution in [0, 0.1) is 24.0 Å². The molecule has 0 aromatic heterocycles. The Morgan fingerprint density at radius 3 is 2.58 bits per heavy atom. The summed E-state index contributed by atoms with van der Waals surface area (Å²) in [6.45, 7) is 3.91. The first kappa shape index (κ1) is 12.9. The topological polar surface area (TPSA) is 81.2 Å². The third-order valence-electron chi connectivity index (χ3n) is 2.91. The molecule has 3 N–H and O–H groups in total. The maximum absolute atomic E-state index is 11.1. The zero-order valence-corrected chi connectivity index (χ0v) is 10.8. The van der Waals surface area contributed by atoms with Crippen molar-refractivity contribution in [2.24, 2.45) is 0 Å². The number of nitro benzene ring substituents is 1. The fourth-order valence-corrected chi connectivity index (χ4v) is 1.88. The lowest BCUT2D eigenvalue weighted by Gasteiger charge is -2.11. The minimum Gasteiger partial charge on any atom is -0.393 e. The quantitative estimate of drug-likeness (QED) is 0.500. The van der Waals surface area contributed by atoms with E-state index in [0.717, 1.165) is 16.8 Å². The van der Waals surface area contributed by atoms with Crippen molar-refractivity contribution >= 4 is 22.7 Å². The molecule has 0 heterocycles. The Hall–Kier alpha value is -2.56. The summed E-state index contributed by atoms with van der Waals surface area (Å²) in [5.74, 6) is 0. The lowest BCUT2D eigenvalue weighted by Crippen LogP contribution is -2.01. The smallest absolute Gasteiger partial charge is 0.315 e. The molecule has 2 rings (SSSR count). The van der Waals surface area contributed by atoms with E-state index in [1.165, 1.54) is 6.07 Å². The van der Waals surface area contributed by atoms with Crippen LogP contribution in [0.5, 0.6) is 0 Å². The van der Waals surface area contributed by atoms with Gasteiger partial charge in [-0.25, -0.2) is 0 Å². The Labute approximate surface area is 111 Å². The van der Waals surface area contributed by atoms with Crippen molar-refractivity contribution < 1.29 is 4.92 Å². The second kappa shape index (κ2) is 4.97. The van der Waals surface area contributed by atoms with Gasteiger partial charge in [-0.3, -0.25) is 10.1 Å². The number of anilines is 3. The van der Waals surface area contributed by atoms with Gasteiger partial charge >= 0.3 is 5.69 Å². The number of benzene rings is 2. The van der Waals surface area contributed by atoms with Gasteiger partial charge in [-0.1, -0.05) is 18.2 Å². The summed E-state index contributed by atoms with van der Waals surface area (Å²) in [5, 5.41) is 14.2. The van der Waals surface area contributed by atoms with Crippen LogP contribution < -0.4 is 11.1 Å². The van der Waals surface area contributed by atoms with E-state index in [0.29, 0.717) is 5.69 Å². The molecule has 0 spiro atoms. The van der Waals surface area contributed by atoms with Crippen molar-refractivity contribution in [3.8, 4) is 0 Å². The number of nitro groups is 1. The van der Waals surface area contributed by atoms with Gasteiger partial charge < -0.3 is 11.1 Å². The van der Waals surface area contributed by atoms with E-state index in [9.17, 15) is 10.1 Å². The molecule has 2 aromatic carbocycles. The fourth-order valence-electron chi connectivity index (χ4n) is 1.88. The van der Waals surface area contributed by atoms with Crippen LogP contribution in [-0.2, 0) is 0 Å². The molecular weight excluding hydrogens is 242 g/mol. The molecule has 98 valence electrons. The molecule has 0 radical (unpaired) electrons. The van der Waals surface area contributed by atoms with E-state index in [1.54, 1.807) is 12.1 Å². The SMILES string of the molecule is Cc1ccc(C)c(Nc2cccc(N)c2[N+](=O)[O-])c1. The minimum atomic E-state index is -0.469. The van der Waals surface area contributed by atoms with E-state index in [1.807, 2.05) is 32.0 Å². The molecule has 5 heteroatoms. The number of rotatable bonds is 3. The average molecular weight is 257 g/mol. The summed E-state index contributed by atoms with van der Waals surface area (Å²) in [6, 6.07) is 10.8. The predicted molar refractivity (Wildman–Crippen MR) is 76.7 cm³/mol. The highest BCUT2D eigenvalue weighted by atomic mass is 16.6. The summed E-state index contributed by atoms with van der Waals surface area (Å²) in [4.78, 5) is 10.6. The lowest BCUT2D eigenvalue weighted by molar-refractivity contribution is -0.383. The second-order valence-electron chi connectivity index (χ2n) is 4.44. The van der Waals surface area contributed by atoms with Gasteiger partial charge in [0.2, 0.25) is 0 Å². The van der Waals surface area contributed by atoms with Crippen molar-refractivity contribution in [3.63, 3.8) is 0 Å². The number of nitrogens with zero attached hydrogens (tertiary/aromatic N) is 1. The Balaban J connectivity index is 2.46. The van der Waals surface area contributed by atoms with Crippen LogP contribution in [0.2, 0.25) is 0 Å². The van der Waals surface area contributed by atoms with Crippen molar-refractivity contribution in [1.29, 1.82) is 0 Å². The zero-order valence-electron chi connectivity index (χ0n) is 10.8. The second-order valence-corrected chi connectivity index (χ2v) is 4.44. The number of hydrogen-bond acceptors (Lipinski definition) is 4. The number of nitrogens with one attached hydrogen (secondary N) is 1. The highest BCUT2D eigenvalue weighted by Crippen LogP contribution is 2.33. The Bertz CT molecular complexity index is 639. The highest BCUT2D eigenvalue weighted by Gasteiger charge is 2.18. The van der Waals surface area contributed by atoms with Gasteiger partial charge in [0.25, 0.3) is 0 Å². The summed E-state index contributed by atoms with van der Waals surface area (Å²) in [5.41, 5.74) is 9.06. The normalized spacial score (nSPS) is 10.2. The van der Waals surface area contributed by atoms with E-state index in [4.69, 9.17) is 5.73 Å². The predicted octanol–water partition coefficient (Wildman–Crippen LogP) is 3.54. The number of hydrogen-bond donors (Lipinski definition) is 2. The third-order valence-corrected chi connectivity index (χ3v) is 2.91. The van der Waals surface area contributed by atoms with Crippen LogP contribution in [0.25, 0.3) is 0 Å². The van der Waals surface area contributed by atoms with Crippen LogP contribution in [0.3, 0.4) is 0 Å². The molecule has 19 heavy (non-hydrogen) atoms. The Morgan fingerprint density at radius 2 is 1.89 bits per heavy atom. The molecule has 0 aliphatic rings. The van der Waals surface area contributed by atoms with E-state index < -0.39 is 4.92 Å². The molecule has 0 saturated heterocycles. The molecule has 0 aliphatic carbocycles. The Morgan fingerprint density at radius 1 is 1.16 bits per heavy atom. The Kier molecular flexibility index (Phi) is 3.37. The molecule has 5 nitrogen and oxygen atoms in total. The number of aryl methyl sites for hydroxylation is 2. The van der Waals surface area contributed by atoms with Gasteiger partial charge in [0.05, 0.1) is 4.92 Å². The van der Waals surface area contributed by atoms with Crippen molar-refractivity contribution in [2.45, 2.75) is 13.8 Å². The molecule has 0 aliphatic heterocycles. The molecule has 0 bridgehead atoms. The van der Waals surface area contributed by atoms with Crippen molar-refractivity contribution in [2.75, 3.05) is 11.1 Å². The summed E-state index contributed by atoms with van der Waals surface area (Å²) < 4.78 is 0. The van der Waals surface area contributed by atoms with Gasteiger partial charge in [-0.15, -0.1) is 0 Å². The summed E-state index contributed by atoms with van der Waals surface area (Å²) in [7, 11) is 0. The van der Waals surface area contributed by atoms with Gasteiger partial charge in [-0.2, -0.15) is 0 Å². The maximum Gasteiger partial charge on any atom is 0.315 e. The average Bonchev–Trinajstić information content (AvgIpc) is 2.33. The first-order valence-electron chi connectivity index (χ1n) is 5.86. The maximum atomic E-state index is 11.1. The molecule has 0 unspecified atom stereocenters. The van der Waals surface area contributed by atoms with E-state index in [-0.39, 0.29) is 11.4 Å². The first-order chi connectivity index (χ1) is 8.99. The summed E-state index contributed by atoms with van der Waals surface area (Å²) in [6.07, 6.45) is 0. The highest BCUT2D eigenvalue weighted by molar-refractivity contribution is 5.79. The standard InChI is InChI=1S/C14H15N3O2/c1-9-6-7-10(2)13(8-9)16-12-5-3-4-11(15)14(12)17(18)19/h3-8,16H,15H2,1-2H3. The van der Waals surface area contributed by atoms with E-state index in [2.05, 4.69) is 5.32 Å². The summed E-state index contributed by atoms with van der Waals surface area (Å²) >= 11 is 0. The molecule has 0 fully saturated rings. The number of nitrogens with two attached hydrogens (primary N) is 1. The van der Waals surface area contributed by atoms with Gasteiger partial charge in [0.1, 0.15) is 11.4 Å². The largest absolute Gasteiger partial charge is 0.393 e. The van der Waals surface area contributed by atoms with Crippen molar-refractivity contribution in [3.05, 3.63) is 57.6 Å². The zero-order chi connectivity index (χ0) is 14.0. The number of para-hydroxylation sites is 1. The van der Waals surface area contributed by atoms with Crippen LogP contribution in [0.1, 0.15) is 11.1 Å². The fraction of sp³-hybridized carbons (Fsp3) is 0.143. The molecule has 0 saturated carbocycles. The van der Waals surface area contributed by atoms with Gasteiger partial charge in [0.15, 0.2) is 0 Å².